The third-order valence-corrected chi connectivity index (χ3v) is 7.17. The van der Waals surface area contributed by atoms with Crippen molar-refractivity contribution in [3.8, 4) is 0 Å². The number of benzene rings is 2. The van der Waals surface area contributed by atoms with E-state index in [2.05, 4.69) is 33.5 Å². The lowest BCUT2D eigenvalue weighted by Crippen LogP contribution is -2.49. The van der Waals surface area contributed by atoms with Crippen LogP contribution in [0.2, 0.25) is 0 Å². The van der Waals surface area contributed by atoms with Crippen molar-refractivity contribution in [2.75, 3.05) is 31.1 Å². The molecule has 0 saturated carbocycles. The van der Waals surface area contributed by atoms with Gasteiger partial charge >= 0.3 is 0 Å². The molecule has 2 amide bonds. The van der Waals surface area contributed by atoms with Crippen LogP contribution in [0.25, 0.3) is 0 Å². The number of hydrogen-bond acceptors (Lipinski definition) is 4. The maximum Gasteiger partial charge on any atom is 0.251 e. The Labute approximate surface area is 206 Å². The number of amides is 2. The lowest BCUT2D eigenvalue weighted by molar-refractivity contribution is -0.132. The molecule has 1 fully saturated rings. The number of carbonyl (C=O) groups is 2. The minimum Gasteiger partial charge on any atom is -0.368 e. The van der Waals surface area contributed by atoms with Gasteiger partial charge in [0.1, 0.15) is 6.54 Å². The molecule has 0 bridgehead atoms. The van der Waals surface area contributed by atoms with Crippen LogP contribution in [0, 0.1) is 13.8 Å². The van der Waals surface area contributed by atoms with Gasteiger partial charge in [-0.05, 0) is 68.5 Å². The second-order valence-electron chi connectivity index (χ2n) is 9.62. The number of anilines is 1. The lowest BCUT2D eigenvalue weighted by atomic mass is 9.87. The number of carbonyl (C=O) groups excluding carboxylic acids is 2. The summed E-state index contributed by atoms with van der Waals surface area (Å²) < 4.78 is 1.77. The number of hydrogen-bond donors (Lipinski definition) is 1. The summed E-state index contributed by atoms with van der Waals surface area (Å²) in [6.45, 7) is 6.99. The van der Waals surface area contributed by atoms with Gasteiger partial charge in [0.15, 0.2) is 0 Å². The summed E-state index contributed by atoms with van der Waals surface area (Å²) in [4.78, 5) is 30.1. The Hall–Kier alpha value is -3.61. The Morgan fingerprint density at radius 2 is 1.80 bits per heavy atom. The van der Waals surface area contributed by atoms with Crippen molar-refractivity contribution in [3.05, 3.63) is 82.7 Å². The number of fused-ring (bicyclic) bond motifs is 1. The Morgan fingerprint density at radius 3 is 2.57 bits per heavy atom. The van der Waals surface area contributed by atoms with Gasteiger partial charge in [-0.25, -0.2) is 0 Å². The van der Waals surface area contributed by atoms with Crippen LogP contribution in [-0.2, 0) is 17.8 Å². The molecular formula is C28H33N5O2. The van der Waals surface area contributed by atoms with Crippen molar-refractivity contribution in [1.29, 1.82) is 0 Å². The van der Waals surface area contributed by atoms with E-state index in [4.69, 9.17) is 0 Å². The Bertz CT molecular complexity index is 1230. The van der Waals surface area contributed by atoms with Crippen LogP contribution in [0.1, 0.15) is 51.8 Å². The standard InChI is InChI=1S/C28H33N5O2/c1-20-17-21(2)33(30-20)19-27(34)32-15-13-31(14-16-32)24-10-5-9-23(18-24)28(35)29-26-12-6-8-22-7-3-4-11-25(22)26/h3-5,7,9-11,17-18,26H,6,8,12-16,19H2,1-2H3,(H,29,35)/t26-/m1/s1. The van der Waals surface area contributed by atoms with Gasteiger partial charge in [0.05, 0.1) is 11.7 Å². The summed E-state index contributed by atoms with van der Waals surface area (Å²) >= 11 is 0. The highest BCUT2D eigenvalue weighted by molar-refractivity contribution is 5.95. The molecule has 3 aromatic rings. The van der Waals surface area contributed by atoms with Gasteiger partial charge in [-0.15, -0.1) is 0 Å². The average Bonchev–Trinajstić information content (AvgIpc) is 3.20. The number of aryl methyl sites for hydroxylation is 3. The maximum atomic E-state index is 13.1. The SMILES string of the molecule is Cc1cc(C)n(CC(=O)N2CCN(c3cccc(C(=O)N[C@@H]4CCCc5ccccc54)c3)CC2)n1. The van der Waals surface area contributed by atoms with E-state index >= 15 is 0 Å². The van der Waals surface area contributed by atoms with E-state index in [0.29, 0.717) is 18.7 Å². The van der Waals surface area contributed by atoms with Crippen LogP contribution < -0.4 is 10.2 Å². The Morgan fingerprint density at radius 1 is 1.00 bits per heavy atom. The molecule has 182 valence electrons. The molecule has 7 nitrogen and oxygen atoms in total. The fourth-order valence-electron chi connectivity index (χ4n) is 5.27. The number of piperazine rings is 1. The zero-order valence-electron chi connectivity index (χ0n) is 20.5. The third-order valence-electron chi connectivity index (χ3n) is 7.17. The molecule has 35 heavy (non-hydrogen) atoms. The fraction of sp³-hybridized carbons (Fsp3) is 0.393. The number of rotatable bonds is 5. The first-order chi connectivity index (χ1) is 17.0. The summed E-state index contributed by atoms with van der Waals surface area (Å²) in [6.07, 6.45) is 3.13. The van der Waals surface area contributed by atoms with Gasteiger partial charge in [-0.1, -0.05) is 30.3 Å². The number of nitrogens with zero attached hydrogens (tertiary/aromatic N) is 4. The van der Waals surface area contributed by atoms with Gasteiger partial charge in [0.2, 0.25) is 5.91 Å². The van der Waals surface area contributed by atoms with E-state index in [1.807, 2.05) is 55.1 Å². The lowest BCUT2D eigenvalue weighted by Gasteiger charge is -2.36. The molecule has 1 saturated heterocycles. The first-order valence-corrected chi connectivity index (χ1v) is 12.5. The summed E-state index contributed by atoms with van der Waals surface area (Å²) in [6, 6.07) is 18.3. The zero-order valence-corrected chi connectivity index (χ0v) is 20.5. The number of nitrogens with one attached hydrogen (secondary N) is 1. The van der Waals surface area contributed by atoms with E-state index < -0.39 is 0 Å². The van der Waals surface area contributed by atoms with Crippen molar-refractivity contribution >= 4 is 17.5 Å². The molecule has 0 spiro atoms. The van der Waals surface area contributed by atoms with Crippen LogP contribution in [0.3, 0.4) is 0 Å². The highest BCUT2D eigenvalue weighted by atomic mass is 16.2. The Balaban J connectivity index is 1.19. The molecule has 0 radical (unpaired) electrons. The molecule has 7 heteroatoms. The van der Waals surface area contributed by atoms with Crippen molar-refractivity contribution in [3.63, 3.8) is 0 Å². The zero-order chi connectivity index (χ0) is 24.4. The van der Waals surface area contributed by atoms with Crippen molar-refractivity contribution in [2.24, 2.45) is 0 Å². The van der Waals surface area contributed by atoms with Gasteiger partial charge in [0, 0.05) is 43.1 Å². The van der Waals surface area contributed by atoms with E-state index in [1.54, 1.807) is 4.68 Å². The minimum absolute atomic E-state index is 0.0350. The van der Waals surface area contributed by atoms with Crippen molar-refractivity contribution in [1.82, 2.24) is 20.0 Å². The van der Waals surface area contributed by atoms with Gasteiger partial charge in [0.25, 0.3) is 5.91 Å². The molecule has 1 aliphatic carbocycles. The average molecular weight is 472 g/mol. The molecular weight excluding hydrogens is 438 g/mol. The van der Waals surface area contributed by atoms with Crippen molar-refractivity contribution in [2.45, 2.75) is 45.7 Å². The monoisotopic (exact) mass is 471 g/mol. The normalized spacial score (nSPS) is 17.7. The Kier molecular flexibility index (Phi) is 6.57. The van der Waals surface area contributed by atoms with E-state index in [9.17, 15) is 9.59 Å². The highest BCUT2D eigenvalue weighted by Crippen LogP contribution is 2.30. The summed E-state index contributed by atoms with van der Waals surface area (Å²) in [5.41, 5.74) is 6.20. The molecule has 1 N–H and O–H groups in total. The maximum absolute atomic E-state index is 13.1. The molecule has 2 aromatic carbocycles. The highest BCUT2D eigenvalue weighted by Gasteiger charge is 2.24. The van der Waals surface area contributed by atoms with E-state index in [0.717, 1.165) is 49.4 Å². The molecule has 0 unspecified atom stereocenters. The van der Waals surface area contributed by atoms with Crippen LogP contribution in [-0.4, -0.2) is 52.7 Å². The smallest absolute Gasteiger partial charge is 0.251 e. The minimum atomic E-state index is -0.0350. The van der Waals surface area contributed by atoms with Crippen LogP contribution >= 0.6 is 0 Å². The van der Waals surface area contributed by atoms with Crippen LogP contribution in [0.15, 0.2) is 54.6 Å². The van der Waals surface area contributed by atoms with Gasteiger partial charge in [-0.3, -0.25) is 14.3 Å². The fourth-order valence-corrected chi connectivity index (χ4v) is 5.27. The van der Waals surface area contributed by atoms with Gasteiger partial charge in [-0.2, -0.15) is 5.10 Å². The number of aromatic nitrogens is 2. The molecule has 1 aromatic heterocycles. The second kappa shape index (κ2) is 9.94. The summed E-state index contributed by atoms with van der Waals surface area (Å²) in [5.74, 6) is 0.0593. The van der Waals surface area contributed by atoms with Crippen LogP contribution in [0.4, 0.5) is 5.69 Å². The predicted octanol–water partition coefficient (Wildman–Crippen LogP) is 3.66. The summed E-state index contributed by atoms with van der Waals surface area (Å²) in [7, 11) is 0. The topological polar surface area (TPSA) is 70.5 Å². The summed E-state index contributed by atoms with van der Waals surface area (Å²) in [5, 5.41) is 7.66. The molecule has 2 aliphatic rings. The largest absolute Gasteiger partial charge is 0.368 e. The first-order valence-electron chi connectivity index (χ1n) is 12.5. The predicted molar refractivity (Wildman–Crippen MR) is 137 cm³/mol. The molecule has 5 rings (SSSR count). The van der Waals surface area contributed by atoms with Gasteiger partial charge < -0.3 is 15.1 Å². The van der Waals surface area contributed by atoms with Crippen molar-refractivity contribution < 1.29 is 9.59 Å². The quantitative estimate of drug-likeness (QED) is 0.617. The molecule has 2 heterocycles. The van der Waals surface area contributed by atoms with E-state index in [-0.39, 0.29) is 24.4 Å². The second-order valence-corrected chi connectivity index (χ2v) is 9.62. The van der Waals surface area contributed by atoms with E-state index in [1.165, 1.54) is 11.1 Å². The third kappa shape index (κ3) is 5.09. The van der Waals surface area contributed by atoms with Crippen LogP contribution in [0.5, 0.6) is 0 Å². The molecule has 1 atom stereocenters. The first kappa shape index (κ1) is 23.1. The molecule has 1 aliphatic heterocycles.